The Morgan fingerprint density at radius 1 is 1.50 bits per heavy atom. The summed E-state index contributed by atoms with van der Waals surface area (Å²) in [5.74, 6) is 0.150. The average Bonchev–Trinajstić information content (AvgIpc) is 2.29. The molecule has 0 bridgehead atoms. The molecule has 0 spiro atoms. The van der Waals surface area contributed by atoms with Gasteiger partial charge < -0.3 is 4.90 Å². The van der Waals surface area contributed by atoms with Crippen molar-refractivity contribution >= 4 is 5.91 Å². The Morgan fingerprint density at radius 3 is 2.94 bits per heavy atom. The maximum Gasteiger partial charge on any atom is 0.223 e. The van der Waals surface area contributed by atoms with Gasteiger partial charge in [0.1, 0.15) is 5.82 Å². The molecule has 0 aliphatic carbocycles. The second-order valence-corrected chi connectivity index (χ2v) is 4.22. The highest BCUT2D eigenvalue weighted by atomic mass is 19.1. The van der Waals surface area contributed by atoms with E-state index in [1.54, 1.807) is 12.1 Å². The number of rotatable bonds is 2. The van der Waals surface area contributed by atoms with Crippen LogP contribution in [0, 0.1) is 5.82 Å². The van der Waals surface area contributed by atoms with Gasteiger partial charge >= 0.3 is 0 Å². The maximum atomic E-state index is 13.1. The second-order valence-electron chi connectivity index (χ2n) is 4.22. The average molecular weight is 221 g/mol. The topological polar surface area (TPSA) is 20.3 Å². The quantitative estimate of drug-likeness (QED) is 0.751. The van der Waals surface area contributed by atoms with Crippen molar-refractivity contribution < 1.29 is 9.18 Å². The predicted octanol–water partition coefficient (Wildman–Crippen LogP) is 2.55. The molecule has 1 aliphatic rings. The number of carbonyl (C=O) groups excluding carboxylic acids is 1. The van der Waals surface area contributed by atoms with E-state index in [2.05, 4.69) is 0 Å². The fraction of sp³-hybridized carbons (Fsp3) is 0.462. The second kappa shape index (κ2) is 4.64. The van der Waals surface area contributed by atoms with E-state index in [0.717, 1.165) is 25.1 Å². The molecule has 1 aliphatic heterocycles. The van der Waals surface area contributed by atoms with Crippen LogP contribution in [0.1, 0.15) is 31.2 Å². The van der Waals surface area contributed by atoms with Gasteiger partial charge in [-0.1, -0.05) is 12.1 Å². The van der Waals surface area contributed by atoms with Crippen molar-refractivity contribution in [3.05, 3.63) is 35.6 Å². The molecule has 1 heterocycles. The van der Waals surface area contributed by atoms with Crippen molar-refractivity contribution in [2.75, 3.05) is 13.1 Å². The third-order valence-corrected chi connectivity index (χ3v) is 3.22. The lowest BCUT2D eigenvalue weighted by Gasteiger charge is -2.31. The first-order chi connectivity index (χ1) is 7.70. The Bertz CT molecular complexity index is 391. The zero-order valence-corrected chi connectivity index (χ0v) is 9.45. The van der Waals surface area contributed by atoms with E-state index >= 15 is 0 Å². The molecule has 0 radical (unpaired) electrons. The first kappa shape index (κ1) is 11.1. The molecular weight excluding hydrogens is 205 g/mol. The summed E-state index contributed by atoms with van der Waals surface area (Å²) >= 11 is 0. The van der Waals surface area contributed by atoms with Crippen LogP contribution in [0.2, 0.25) is 0 Å². The molecule has 0 aromatic heterocycles. The summed E-state index contributed by atoms with van der Waals surface area (Å²) in [5, 5.41) is 0. The van der Waals surface area contributed by atoms with E-state index in [-0.39, 0.29) is 17.6 Å². The normalized spacial score (nSPS) is 21.2. The van der Waals surface area contributed by atoms with Gasteiger partial charge in [-0.05, 0) is 37.0 Å². The lowest BCUT2D eigenvalue weighted by atomic mass is 9.89. The van der Waals surface area contributed by atoms with Gasteiger partial charge in [0.05, 0.1) is 0 Å². The SMILES string of the molecule is CCN1CCC(c2cccc(F)c2)CC1=O. The molecule has 0 N–H and O–H groups in total. The van der Waals surface area contributed by atoms with E-state index in [4.69, 9.17) is 0 Å². The summed E-state index contributed by atoms with van der Waals surface area (Å²) in [6, 6.07) is 6.59. The summed E-state index contributed by atoms with van der Waals surface area (Å²) in [4.78, 5) is 13.6. The van der Waals surface area contributed by atoms with E-state index in [9.17, 15) is 9.18 Å². The monoisotopic (exact) mass is 221 g/mol. The molecule has 1 aromatic rings. The highest BCUT2D eigenvalue weighted by molar-refractivity contribution is 5.78. The number of benzene rings is 1. The van der Waals surface area contributed by atoms with Crippen molar-refractivity contribution in [2.45, 2.75) is 25.7 Å². The van der Waals surface area contributed by atoms with Crippen LogP contribution >= 0.6 is 0 Å². The molecule has 1 saturated heterocycles. The van der Waals surface area contributed by atoms with E-state index in [0.29, 0.717) is 6.42 Å². The van der Waals surface area contributed by atoms with E-state index in [1.165, 1.54) is 6.07 Å². The van der Waals surface area contributed by atoms with Gasteiger partial charge in [-0.25, -0.2) is 4.39 Å². The first-order valence-electron chi connectivity index (χ1n) is 5.74. The minimum absolute atomic E-state index is 0.183. The number of hydrogen-bond acceptors (Lipinski definition) is 1. The molecule has 1 fully saturated rings. The van der Waals surface area contributed by atoms with Gasteiger partial charge in [-0.15, -0.1) is 0 Å². The molecule has 1 aromatic carbocycles. The first-order valence-corrected chi connectivity index (χ1v) is 5.74. The maximum absolute atomic E-state index is 13.1. The van der Waals surface area contributed by atoms with Crippen LogP contribution < -0.4 is 0 Å². The summed E-state index contributed by atoms with van der Waals surface area (Å²) in [5.41, 5.74) is 0.948. The Labute approximate surface area is 95.1 Å². The number of hydrogen-bond donors (Lipinski definition) is 0. The van der Waals surface area contributed by atoms with Crippen molar-refractivity contribution in [1.82, 2.24) is 4.90 Å². The number of likely N-dealkylation sites (tertiary alicyclic amines) is 1. The molecule has 1 unspecified atom stereocenters. The minimum atomic E-state index is -0.220. The predicted molar refractivity (Wildman–Crippen MR) is 60.6 cm³/mol. The van der Waals surface area contributed by atoms with Crippen molar-refractivity contribution in [3.63, 3.8) is 0 Å². The molecule has 3 heteroatoms. The van der Waals surface area contributed by atoms with Gasteiger partial charge in [0.2, 0.25) is 5.91 Å². The third kappa shape index (κ3) is 2.23. The number of halogens is 1. The standard InChI is InChI=1S/C13H16FNO/c1-2-15-7-6-11(9-13(15)16)10-4-3-5-12(14)8-10/h3-5,8,11H,2,6-7,9H2,1H3. The summed E-state index contributed by atoms with van der Waals surface area (Å²) in [7, 11) is 0. The van der Waals surface area contributed by atoms with Crippen LogP contribution in [0.5, 0.6) is 0 Å². The van der Waals surface area contributed by atoms with Crippen LogP contribution in [0.15, 0.2) is 24.3 Å². The van der Waals surface area contributed by atoms with E-state index in [1.807, 2.05) is 17.9 Å². The lowest BCUT2D eigenvalue weighted by Crippen LogP contribution is -2.37. The van der Waals surface area contributed by atoms with Gasteiger partial charge in [-0.3, -0.25) is 4.79 Å². The molecule has 86 valence electrons. The van der Waals surface area contributed by atoms with Crippen LogP contribution in [-0.4, -0.2) is 23.9 Å². The Hall–Kier alpha value is -1.38. The lowest BCUT2D eigenvalue weighted by molar-refractivity contribution is -0.133. The number of amides is 1. The Morgan fingerprint density at radius 2 is 2.31 bits per heavy atom. The molecule has 1 atom stereocenters. The van der Waals surface area contributed by atoms with Gasteiger partial charge in [-0.2, -0.15) is 0 Å². The van der Waals surface area contributed by atoms with Crippen molar-refractivity contribution in [1.29, 1.82) is 0 Å². The summed E-state index contributed by atoms with van der Waals surface area (Å²) < 4.78 is 13.1. The van der Waals surface area contributed by atoms with Crippen LogP contribution in [0.3, 0.4) is 0 Å². The van der Waals surface area contributed by atoms with Crippen molar-refractivity contribution in [2.24, 2.45) is 0 Å². The molecular formula is C13H16FNO. The van der Waals surface area contributed by atoms with Gasteiger partial charge in [0, 0.05) is 19.5 Å². The zero-order valence-electron chi connectivity index (χ0n) is 9.45. The Kier molecular flexibility index (Phi) is 3.22. The number of nitrogens with zero attached hydrogens (tertiary/aromatic N) is 1. The van der Waals surface area contributed by atoms with Crippen LogP contribution in [0.25, 0.3) is 0 Å². The molecule has 0 saturated carbocycles. The number of carbonyl (C=O) groups is 1. The highest BCUT2D eigenvalue weighted by Crippen LogP contribution is 2.28. The van der Waals surface area contributed by atoms with Gasteiger partial charge in [0.25, 0.3) is 0 Å². The smallest absolute Gasteiger partial charge is 0.223 e. The molecule has 2 rings (SSSR count). The largest absolute Gasteiger partial charge is 0.343 e. The third-order valence-electron chi connectivity index (χ3n) is 3.22. The summed E-state index contributed by atoms with van der Waals surface area (Å²) in [6.07, 6.45) is 1.44. The van der Waals surface area contributed by atoms with Crippen molar-refractivity contribution in [3.8, 4) is 0 Å². The van der Waals surface area contributed by atoms with Gasteiger partial charge in [0.15, 0.2) is 0 Å². The minimum Gasteiger partial charge on any atom is -0.343 e. The molecule has 1 amide bonds. The zero-order chi connectivity index (χ0) is 11.5. The fourth-order valence-corrected chi connectivity index (χ4v) is 2.26. The molecule has 16 heavy (non-hydrogen) atoms. The fourth-order valence-electron chi connectivity index (χ4n) is 2.26. The molecule has 2 nitrogen and oxygen atoms in total. The highest BCUT2D eigenvalue weighted by Gasteiger charge is 2.25. The Balaban J connectivity index is 2.10. The number of piperidine rings is 1. The summed E-state index contributed by atoms with van der Waals surface area (Å²) in [6.45, 7) is 3.55. The van der Waals surface area contributed by atoms with Crippen LogP contribution in [-0.2, 0) is 4.79 Å². The van der Waals surface area contributed by atoms with E-state index < -0.39 is 0 Å². The van der Waals surface area contributed by atoms with Crippen LogP contribution in [0.4, 0.5) is 4.39 Å².